The number of rotatable bonds is 4. The van der Waals surface area contributed by atoms with Crippen LogP contribution in [0.1, 0.15) is 36.7 Å². The summed E-state index contributed by atoms with van der Waals surface area (Å²) in [6.07, 6.45) is 3.49. The van der Waals surface area contributed by atoms with Crippen LogP contribution in [0.2, 0.25) is 0 Å². The van der Waals surface area contributed by atoms with E-state index in [9.17, 15) is 4.79 Å². The third-order valence-corrected chi connectivity index (χ3v) is 3.83. The molecule has 0 saturated heterocycles. The van der Waals surface area contributed by atoms with E-state index >= 15 is 0 Å². The first-order chi connectivity index (χ1) is 9.19. The fourth-order valence-electron chi connectivity index (χ4n) is 2.66. The van der Waals surface area contributed by atoms with E-state index in [-0.39, 0.29) is 5.91 Å². The maximum atomic E-state index is 12.1. The summed E-state index contributed by atoms with van der Waals surface area (Å²) >= 11 is 0. The standard InChI is InChI=1S/C15H19N3O/c1-2-4-9-7-12(9)18-15(19)13-8-10-5-3-6-11(16)14(10)17-13/h3,5-6,8-9,12,17H,2,4,7,16H2,1H3,(H,18,19). The summed E-state index contributed by atoms with van der Waals surface area (Å²) in [6, 6.07) is 7.90. The Morgan fingerprint density at radius 3 is 3.11 bits per heavy atom. The Kier molecular flexibility index (Phi) is 2.93. The molecule has 2 aromatic rings. The van der Waals surface area contributed by atoms with Crippen molar-refractivity contribution in [3.05, 3.63) is 30.0 Å². The number of amides is 1. The molecule has 4 nitrogen and oxygen atoms in total. The fourth-order valence-corrected chi connectivity index (χ4v) is 2.66. The van der Waals surface area contributed by atoms with Crippen molar-refractivity contribution in [2.75, 3.05) is 5.73 Å². The SMILES string of the molecule is CCCC1CC1NC(=O)c1cc2cccc(N)c2[nH]1. The van der Waals surface area contributed by atoms with Crippen LogP contribution in [-0.4, -0.2) is 16.9 Å². The number of aromatic amines is 1. The summed E-state index contributed by atoms with van der Waals surface area (Å²) in [4.78, 5) is 15.2. The van der Waals surface area contributed by atoms with Gasteiger partial charge in [0.15, 0.2) is 0 Å². The highest BCUT2D eigenvalue weighted by Gasteiger charge is 2.37. The zero-order chi connectivity index (χ0) is 13.4. The Bertz CT molecular complexity index is 617. The number of fused-ring (bicyclic) bond motifs is 1. The van der Waals surface area contributed by atoms with Gasteiger partial charge in [0.25, 0.3) is 5.91 Å². The van der Waals surface area contributed by atoms with Gasteiger partial charge in [0.1, 0.15) is 5.69 Å². The summed E-state index contributed by atoms with van der Waals surface area (Å²) in [5, 5.41) is 4.05. The molecule has 1 aromatic heterocycles. The number of aromatic nitrogens is 1. The number of carbonyl (C=O) groups is 1. The second kappa shape index (κ2) is 4.61. The average Bonchev–Trinajstić information content (AvgIpc) is 2.94. The molecule has 1 heterocycles. The zero-order valence-corrected chi connectivity index (χ0v) is 11.1. The minimum absolute atomic E-state index is 0.0285. The van der Waals surface area contributed by atoms with Gasteiger partial charge in [-0.25, -0.2) is 0 Å². The lowest BCUT2D eigenvalue weighted by molar-refractivity contribution is 0.0944. The molecule has 3 rings (SSSR count). The largest absolute Gasteiger partial charge is 0.397 e. The summed E-state index contributed by atoms with van der Waals surface area (Å²) in [6.45, 7) is 2.18. The number of nitrogen functional groups attached to an aromatic ring is 1. The summed E-state index contributed by atoms with van der Waals surface area (Å²) in [5.41, 5.74) is 7.99. The number of nitrogens with two attached hydrogens (primary N) is 1. The highest BCUT2D eigenvalue weighted by Crippen LogP contribution is 2.34. The fraction of sp³-hybridized carbons (Fsp3) is 0.400. The number of carbonyl (C=O) groups excluding carboxylic acids is 1. The number of hydrogen-bond donors (Lipinski definition) is 3. The van der Waals surface area contributed by atoms with E-state index < -0.39 is 0 Å². The number of hydrogen-bond acceptors (Lipinski definition) is 2. The van der Waals surface area contributed by atoms with Crippen LogP contribution in [0.25, 0.3) is 10.9 Å². The van der Waals surface area contributed by atoms with Crippen LogP contribution in [0, 0.1) is 5.92 Å². The first kappa shape index (κ1) is 12.1. The Morgan fingerprint density at radius 1 is 1.53 bits per heavy atom. The van der Waals surface area contributed by atoms with Crippen LogP contribution in [-0.2, 0) is 0 Å². The quantitative estimate of drug-likeness (QED) is 0.737. The average molecular weight is 257 g/mol. The minimum Gasteiger partial charge on any atom is -0.397 e. The topological polar surface area (TPSA) is 70.9 Å². The second-order valence-electron chi connectivity index (χ2n) is 5.36. The van der Waals surface area contributed by atoms with Crippen molar-refractivity contribution in [3.8, 4) is 0 Å². The molecule has 1 aliphatic rings. The van der Waals surface area contributed by atoms with Gasteiger partial charge in [-0.2, -0.15) is 0 Å². The van der Waals surface area contributed by atoms with E-state index in [1.54, 1.807) is 0 Å². The minimum atomic E-state index is -0.0285. The Morgan fingerprint density at radius 2 is 2.37 bits per heavy atom. The highest BCUT2D eigenvalue weighted by atomic mass is 16.2. The number of para-hydroxylation sites is 1. The van der Waals surface area contributed by atoms with Gasteiger partial charge in [-0.1, -0.05) is 25.5 Å². The first-order valence-electron chi connectivity index (χ1n) is 6.87. The van der Waals surface area contributed by atoms with Crippen molar-refractivity contribution in [3.63, 3.8) is 0 Å². The number of nitrogens with one attached hydrogen (secondary N) is 2. The lowest BCUT2D eigenvalue weighted by Gasteiger charge is -2.02. The molecule has 4 heteroatoms. The Labute approximate surface area is 112 Å². The van der Waals surface area contributed by atoms with Crippen LogP contribution in [0.4, 0.5) is 5.69 Å². The molecular weight excluding hydrogens is 238 g/mol. The number of H-pyrrole nitrogens is 1. The third kappa shape index (κ3) is 2.30. The van der Waals surface area contributed by atoms with E-state index in [2.05, 4.69) is 17.2 Å². The molecule has 100 valence electrons. The molecule has 1 fully saturated rings. The normalized spacial score (nSPS) is 21.5. The van der Waals surface area contributed by atoms with E-state index in [0.29, 0.717) is 23.3 Å². The molecule has 0 spiro atoms. The van der Waals surface area contributed by atoms with Crippen molar-refractivity contribution >= 4 is 22.5 Å². The molecule has 4 N–H and O–H groups in total. The summed E-state index contributed by atoms with van der Waals surface area (Å²) in [5.74, 6) is 0.641. The molecule has 0 aliphatic heterocycles. The van der Waals surface area contributed by atoms with Crippen LogP contribution in [0.5, 0.6) is 0 Å². The Hall–Kier alpha value is -1.97. The molecule has 2 unspecified atom stereocenters. The molecule has 0 radical (unpaired) electrons. The van der Waals surface area contributed by atoms with E-state index in [1.165, 1.54) is 12.8 Å². The van der Waals surface area contributed by atoms with Crippen LogP contribution in [0.3, 0.4) is 0 Å². The van der Waals surface area contributed by atoms with Gasteiger partial charge in [-0.15, -0.1) is 0 Å². The zero-order valence-electron chi connectivity index (χ0n) is 11.1. The number of benzene rings is 1. The van der Waals surface area contributed by atoms with Gasteiger partial charge < -0.3 is 16.0 Å². The van der Waals surface area contributed by atoms with Crippen molar-refractivity contribution in [1.29, 1.82) is 0 Å². The molecule has 0 bridgehead atoms. The van der Waals surface area contributed by atoms with Gasteiger partial charge >= 0.3 is 0 Å². The summed E-state index contributed by atoms with van der Waals surface area (Å²) in [7, 11) is 0. The predicted molar refractivity (Wildman–Crippen MR) is 77.0 cm³/mol. The molecule has 1 amide bonds. The first-order valence-corrected chi connectivity index (χ1v) is 6.87. The van der Waals surface area contributed by atoms with Gasteiger partial charge in [-0.3, -0.25) is 4.79 Å². The molecule has 1 aromatic carbocycles. The highest BCUT2D eigenvalue weighted by molar-refractivity contribution is 6.01. The molecular formula is C15H19N3O. The monoisotopic (exact) mass is 257 g/mol. The third-order valence-electron chi connectivity index (χ3n) is 3.83. The predicted octanol–water partition coefficient (Wildman–Crippen LogP) is 2.67. The van der Waals surface area contributed by atoms with Gasteiger partial charge in [0.2, 0.25) is 0 Å². The molecule has 1 aliphatic carbocycles. The van der Waals surface area contributed by atoms with E-state index in [1.807, 2.05) is 24.3 Å². The van der Waals surface area contributed by atoms with Crippen molar-refractivity contribution in [2.45, 2.75) is 32.2 Å². The van der Waals surface area contributed by atoms with E-state index in [0.717, 1.165) is 17.3 Å². The molecule has 19 heavy (non-hydrogen) atoms. The van der Waals surface area contributed by atoms with Crippen molar-refractivity contribution in [1.82, 2.24) is 10.3 Å². The molecule has 2 atom stereocenters. The maximum Gasteiger partial charge on any atom is 0.267 e. The second-order valence-corrected chi connectivity index (χ2v) is 5.36. The van der Waals surface area contributed by atoms with Crippen LogP contribution < -0.4 is 11.1 Å². The van der Waals surface area contributed by atoms with Crippen molar-refractivity contribution < 1.29 is 4.79 Å². The number of anilines is 1. The summed E-state index contributed by atoms with van der Waals surface area (Å²) < 4.78 is 0. The van der Waals surface area contributed by atoms with Gasteiger partial charge in [-0.05, 0) is 30.9 Å². The Balaban J connectivity index is 1.74. The van der Waals surface area contributed by atoms with Crippen molar-refractivity contribution in [2.24, 2.45) is 5.92 Å². The smallest absolute Gasteiger partial charge is 0.267 e. The lowest BCUT2D eigenvalue weighted by Crippen LogP contribution is -2.27. The van der Waals surface area contributed by atoms with Crippen LogP contribution >= 0.6 is 0 Å². The van der Waals surface area contributed by atoms with E-state index in [4.69, 9.17) is 5.73 Å². The maximum absolute atomic E-state index is 12.1. The molecule has 1 saturated carbocycles. The van der Waals surface area contributed by atoms with Gasteiger partial charge in [0, 0.05) is 11.4 Å². The van der Waals surface area contributed by atoms with Crippen LogP contribution in [0.15, 0.2) is 24.3 Å². The van der Waals surface area contributed by atoms with Gasteiger partial charge in [0.05, 0.1) is 11.2 Å². The lowest BCUT2D eigenvalue weighted by atomic mass is 10.2.